The van der Waals surface area contributed by atoms with Gasteiger partial charge in [-0.1, -0.05) is 13.8 Å². The Morgan fingerprint density at radius 1 is 1.16 bits per heavy atom. The van der Waals surface area contributed by atoms with E-state index in [1.54, 1.807) is 0 Å². The van der Waals surface area contributed by atoms with Crippen LogP contribution in [0.4, 0.5) is 0 Å². The Bertz CT molecular complexity index is 586. The lowest BCUT2D eigenvalue weighted by Crippen LogP contribution is -2.59. The molecule has 0 aromatic carbocycles. The van der Waals surface area contributed by atoms with Crippen molar-refractivity contribution in [3.05, 3.63) is 0 Å². The number of hydrogen-bond donors (Lipinski definition) is 2. The molecule has 0 aromatic heterocycles. The van der Waals surface area contributed by atoms with Gasteiger partial charge in [0.15, 0.2) is 5.78 Å². The summed E-state index contributed by atoms with van der Waals surface area (Å²) in [6.45, 7) is 4.12. The van der Waals surface area contributed by atoms with Gasteiger partial charge in [0.2, 0.25) is 0 Å². The van der Waals surface area contributed by atoms with Gasteiger partial charge in [-0.05, 0) is 73.0 Å². The lowest BCUT2D eigenvalue weighted by molar-refractivity contribution is -0.174. The minimum atomic E-state index is -0.389. The SMILES string of the molecule is CC12CC(O)C3C(CCC4CC(=O)CCC43C)C1CCC2C(=O)CO. The van der Waals surface area contributed by atoms with Crippen molar-refractivity contribution in [3.63, 3.8) is 0 Å². The molecule has 4 rings (SSSR count). The van der Waals surface area contributed by atoms with Crippen LogP contribution in [0.5, 0.6) is 0 Å². The number of carbonyl (C=O) groups is 2. The molecular formula is C21H32O4. The summed E-state index contributed by atoms with van der Waals surface area (Å²) < 4.78 is 0. The highest BCUT2D eigenvalue weighted by Crippen LogP contribution is 2.67. The first-order valence-electron chi connectivity index (χ1n) is 10.1. The third kappa shape index (κ3) is 2.39. The van der Waals surface area contributed by atoms with E-state index < -0.39 is 0 Å². The monoisotopic (exact) mass is 348 g/mol. The van der Waals surface area contributed by atoms with E-state index in [0.717, 1.165) is 32.1 Å². The molecule has 4 saturated carbocycles. The van der Waals surface area contributed by atoms with Crippen LogP contribution in [0.2, 0.25) is 0 Å². The molecule has 25 heavy (non-hydrogen) atoms. The second-order valence-corrected chi connectivity index (χ2v) is 9.85. The summed E-state index contributed by atoms with van der Waals surface area (Å²) in [6.07, 6.45) is 6.62. The molecule has 4 fully saturated rings. The van der Waals surface area contributed by atoms with Crippen molar-refractivity contribution in [1.29, 1.82) is 0 Å². The number of carbonyl (C=O) groups excluding carboxylic acids is 2. The van der Waals surface area contributed by atoms with Crippen LogP contribution in [0.15, 0.2) is 0 Å². The fourth-order valence-corrected chi connectivity index (χ4v) is 7.81. The smallest absolute Gasteiger partial charge is 0.161 e. The fourth-order valence-electron chi connectivity index (χ4n) is 7.81. The van der Waals surface area contributed by atoms with E-state index in [1.807, 2.05) is 0 Å². The lowest BCUT2D eigenvalue weighted by atomic mass is 9.44. The summed E-state index contributed by atoms with van der Waals surface area (Å²) in [5.41, 5.74) is -0.106. The number of hydrogen-bond acceptors (Lipinski definition) is 4. The zero-order valence-corrected chi connectivity index (χ0v) is 15.5. The maximum atomic E-state index is 12.3. The molecule has 0 saturated heterocycles. The molecule has 0 amide bonds. The molecule has 0 aliphatic heterocycles. The fraction of sp³-hybridized carbons (Fsp3) is 0.905. The molecular weight excluding hydrogens is 316 g/mol. The van der Waals surface area contributed by atoms with Gasteiger partial charge in [0.25, 0.3) is 0 Å². The highest BCUT2D eigenvalue weighted by Gasteiger charge is 2.63. The first kappa shape index (κ1) is 17.7. The van der Waals surface area contributed by atoms with Crippen molar-refractivity contribution >= 4 is 11.6 Å². The van der Waals surface area contributed by atoms with Crippen molar-refractivity contribution in [3.8, 4) is 0 Å². The van der Waals surface area contributed by atoms with E-state index in [0.29, 0.717) is 42.8 Å². The average molecular weight is 348 g/mol. The van der Waals surface area contributed by atoms with E-state index in [9.17, 15) is 19.8 Å². The molecule has 8 atom stereocenters. The van der Waals surface area contributed by atoms with Crippen molar-refractivity contribution < 1.29 is 19.8 Å². The minimum Gasteiger partial charge on any atom is -0.393 e. The Morgan fingerprint density at radius 2 is 1.92 bits per heavy atom. The van der Waals surface area contributed by atoms with Crippen molar-refractivity contribution in [2.45, 2.75) is 71.3 Å². The summed E-state index contributed by atoms with van der Waals surface area (Å²) in [5, 5.41) is 20.6. The normalized spacial score (nSPS) is 52.2. The molecule has 140 valence electrons. The van der Waals surface area contributed by atoms with Crippen LogP contribution in [-0.2, 0) is 9.59 Å². The average Bonchev–Trinajstić information content (AvgIpc) is 2.91. The Kier molecular flexibility index (Phi) is 4.16. The van der Waals surface area contributed by atoms with Crippen LogP contribution >= 0.6 is 0 Å². The van der Waals surface area contributed by atoms with Gasteiger partial charge in [-0.3, -0.25) is 9.59 Å². The van der Waals surface area contributed by atoms with Crippen molar-refractivity contribution in [2.24, 2.45) is 40.4 Å². The van der Waals surface area contributed by atoms with E-state index >= 15 is 0 Å². The maximum Gasteiger partial charge on any atom is 0.161 e. The summed E-state index contributed by atoms with van der Waals surface area (Å²) in [6, 6.07) is 0. The summed E-state index contributed by atoms with van der Waals surface area (Å²) in [7, 11) is 0. The lowest BCUT2D eigenvalue weighted by Gasteiger charge is -2.61. The van der Waals surface area contributed by atoms with Gasteiger partial charge in [0.1, 0.15) is 12.4 Å². The standard InChI is InChI=1S/C21H32O4/c1-20-8-7-13(23)9-12(20)3-4-14-15-5-6-16(18(25)11-22)21(15,2)10-17(24)19(14)20/h12,14-17,19,22,24H,3-11H2,1-2H3. The Hall–Kier alpha value is -0.740. The van der Waals surface area contributed by atoms with Crippen LogP contribution in [0.3, 0.4) is 0 Å². The van der Waals surface area contributed by atoms with E-state index in [-0.39, 0.29) is 41.2 Å². The maximum absolute atomic E-state index is 12.3. The highest BCUT2D eigenvalue weighted by molar-refractivity contribution is 5.83. The predicted molar refractivity (Wildman–Crippen MR) is 93.7 cm³/mol. The molecule has 4 nitrogen and oxygen atoms in total. The summed E-state index contributed by atoms with van der Waals surface area (Å²) in [4.78, 5) is 24.3. The largest absolute Gasteiger partial charge is 0.393 e. The zero-order valence-electron chi connectivity index (χ0n) is 15.5. The molecule has 0 spiro atoms. The molecule has 0 radical (unpaired) electrons. The Labute approximate surface area is 150 Å². The molecule has 4 aliphatic rings. The number of ketones is 2. The second-order valence-electron chi connectivity index (χ2n) is 9.85. The summed E-state index contributed by atoms with van der Waals surface area (Å²) in [5.74, 6) is 1.86. The third-order valence-corrected chi connectivity index (χ3v) is 8.95. The second kappa shape index (κ2) is 5.88. The van der Waals surface area contributed by atoms with Crippen LogP contribution in [0, 0.1) is 40.4 Å². The minimum absolute atomic E-state index is 0.0428. The Morgan fingerprint density at radius 3 is 2.64 bits per heavy atom. The van der Waals surface area contributed by atoms with Gasteiger partial charge in [-0.15, -0.1) is 0 Å². The molecule has 0 heterocycles. The number of aliphatic hydroxyl groups is 2. The van der Waals surface area contributed by atoms with Gasteiger partial charge in [0.05, 0.1) is 6.10 Å². The quantitative estimate of drug-likeness (QED) is 0.805. The molecule has 4 aliphatic carbocycles. The highest BCUT2D eigenvalue weighted by atomic mass is 16.3. The van der Waals surface area contributed by atoms with E-state index in [1.165, 1.54) is 0 Å². The zero-order chi connectivity index (χ0) is 18.0. The molecule has 0 bridgehead atoms. The van der Waals surface area contributed by atoms with Gasteiger partial charge >= 0.3 is 0 Å². The van der Waals surface area contributed by atoms with Crippen molar-refractivity contribution in [2.75, 3.05) is 6.61 Å². The van der Waals surface area contributed by atoms with Gasteiger partial charge in [0, 0.05) is 18.8 Å². The molecule has 2 N–H and O–H groups in total. The van der Waals surface area contributed by atoms with Crippen molar-refractivity contribution in [1.82, 2.24) is 0 Å². The molecule has 8 unspecified atom stereocenters. The summed E-state index contributed by atoms with van der Waals surface area (Å²) >= 11 is 0. The molecule has 0 aromatic rings. The van der Waals surface area contributed by atoms with Gasteiger partial charge < -0.3 is 10.2 Å². The number of Topliss-reactive ketones (excluding diaryl/α,β-unsaturated/α-hetero) is 2. The van der Waals surface area contributed by atoms with Gasteiger partial charge in [-0.2, -0.15) is 0 Å². The molecule has 4 heteroatoms. The number of aliphatic hydroxyl groups excluding tert-OH is 2. The van der Waals surface area contributed by atoms with Crippen LogP contribution < -0.4 is 0 Å². The van der Waals surface area contributed by atoms with Crippen LogP contribution in [0.25, 0.3) is 0 Å². The number of fused-ring (bicyclic) bond motifs is 5. The predicted octanol–water partition coefficient (Wildman–Crippen LogP) is 2.75. The first-order valence-corrected chi connectivity index (χ1v) is 10.1. The van der Waals surface area contributed by atoms with Gasteiger partial charge in [-0.25, -0.2) is 0 Å². The number of rotatable bonds is 2. The van der Waals surface area contributed by atoms with Crippen LogP contribution in [0.1, 0.15) is 65.2 Å². The van der Waals surface area contributed by atoms with E-state index in [4.69, 9.17) is 0 Å². The Balaban J connectivity index is 1.66. The van der Waals surface area contributed by atoms with Crippen LogP contribution in [-0.4, -0.2) is 34.5 Å². The van der Waals surface area contributed by atoms with E-state index in [2.05, 4.69) is 13.8 Å². The first-order chi connectivity index (χ1) is 11.8. The third-order valence-electron chi connectivity index (χ3n) is 8.95. The topological polar surface area (TPSA) is 74.6 Å².